The Bertz CT molecular complexity index is 1770. The number of aromatic nitrogens is 6. The number of hydrogen-bond acceptors (Lipinski definition) is 8. The summed E-state index contributed by atoms with van der Waals surface area (Å²) in [6.45, 7) is 6.62. The molecule has 210 valence electrons. The zero-order valence-electron chi connectivity index (χ0n) is 23.3. The van der Waals surface area contributed by atoms with E-state index in [2.05, 4.69) is 21.5 Å². The molecule has 4 heterocycles. The predicted molar refractivity (Wildman–Crippen MR) is 156 cm³/mol. The maximum atomic E-state index is 12.7. The number of rotatable bonds is 7. The molecule has 2 unspecified atom stereocenters. The van der Waals surface area contributed by atoms with Gasteiger partial charge in [0.2, 0.25) is 5.91 Å². The second-order valence-electron chi connectivity index (χ2n) is 10.4. The van der Waals surface area contributed by atoms with Crippen molar-refractivity contribution in [3.05, 3.63) is 73.0 Å². The van der Waals surface area contributed by atoms with E-state index in [0.717, 1.165) is 46.6 Å². The van der Waals surface area contributed by atoms with E-state index in [1.165, 1.54) is 12.4 Å². The van der Waals surface area contributed by atoms with Gasteiger partial charge in [0.25, 0.3) is 0 Å². The summed E-state index contributed by atoms with van der Waals surface area (Å²) < 4.78 is 15.4. The van der Waals surface area contributed by atoms with E-state index in [1.807, 2.05) is 59.8 Å². The van der Waals surface area contributed by atoms with E-state index < -0.39 is 0 Å². The summed E-state index contributed by atoms with van der Waals surface area (Å²) in [4.78, 5) is 27.8. The molecule has 1 amide bonds. The maximum absolute atomic E-state index is 12.7. The molecule has 2 N–H and O–H groups in total. The van der Waals surface area contributed by atoms with Crippen molar-refractivity contribution < 1.29 is 14.3 Å². The minimum absolute atomic E-state index is 0.0164. The number of imidazole rings is 1. The van der Waals surface area contributed by atoms with Crippen molar-refractivity contribution in [3.63, 3.8) is 0 Å². The molecule has 2 atom stereocenters. The van der Waals surface area contributed by atoms with E-state index in [1.54, 1.807) is 18.1 Å². The lowest BCUT2D eigenvalue weighted by Gasteiger charge is -2.38. The number of carbonyl (C=O) groups excluding carboxylic acids is 1. The smallest absolute Gasteiger partial charge is 0.246 e. The highest BCUT2D eigenvalue weighted by Gasteiger charge is 2.34. The van der Waals surface area contributed by atoms with Crippen molar-refractivity contribution in [1.29, 1.82) is 0 Å². The van der Waals surface area contributed by atoms with Gasteiger partial charge in [-0.05, 0) is 61.7 Å². The quantitative estimate of drug-likeness (QED) is 0.296. The molecule has 1 aliphatic rings. The Labute approximate surface area is 237 Å². The molecule has 0 radical (unpaired) electrons. The van der Waals surface area contributed by atoms with Gasteiger partial charge in [-0.2, -0.15) is 5.10 Å². The zero-order valence-corrected chi connectivity index (χ0v) is 23.3. The summed E-state index contributed by atoms with van der Waals surface area (Å²) in [5, 5.41) is 5.72. The van der Waals surface area contributed by atoms with E-state index in [9.17, 15) is 4.79 Å². The summed E-state index contributed by atoms with van der Waals surface area (Å²) >= 11 is 0. The van der Waals surface area contributed by atoms with E-state index >= 15 is 0 Å². The average molecular weight is 553 g/mol. The molecule has 5 aromatic rings. The molecule has 11 nitrogen and oxygen atoms in total. The second kappa shape index (κ2) is 10.7. The number of nitrogen functional groups attached to an aromatic ring is 1. The number of likely N-dealkylation sites (tertiary alicyclic amines) is 1. The van der Waals surface area contributed by atoms with Crippen molar-refractivity contribution in [1.82, 2.24) is 34.2 Å². The summed E-state index contributed by atoms with van der Waals surface area (Å²) in [6, 6.07) is 11.7. The molecule has 11 heteroatoms. The van der Waals surface area contributed by atoms with Gasteiger partial charge >= 0.3 is 0 Å². The Morgan fingerprint density at radius 2 is 2.02 bits per heavy atom. The Morgan fingerprint density at radius 1 is 1.17 bits per heavy atom. The number of amides is 1. The number of hydrogen-bond donors (Lipinski definition) is 1. The van der Waals surface area contributed by atoms with Crippen LogP contribution in [-0.2, 0) is 16.6 Å². The molecule has 3 aromatic heterocycles. The first-order valence-corrected chi connectivity index (χ1v) is 13.5. The highest BCUT2D eigenvalue weighted by atomic mass is 16.5. The fourth-order valence-corrected chi connectivity index (χ4v) is 5.66. The average Bonchev–Trinajstić information content (AvgIpc) is 3.55. The molecule has 0 saturated carbocycles. The number of nitrogens with two attached hydrogens (primary N) is 1. The monoisotopic (exact) mass is 552 g/mol. The summed E-state index contributed by atoms with van der Waals surface area (Å²) in [7, 11) is 3.61. The molecule has 0 aliphatic carbocycles. The first kappa shape index (κ1) is 26.5. The topological polar surface area (TPSA) is 126 Å². The summed E-state index contributed by atoms with van der Waals surface area (Å²) in [5.74, 6) is 1.62. The van der Waals surface area contributed by atoms with E-state index in [-0.39, 0.29) is 17.9 Å². The molecule has 41 heavy (non-hydrogen) atoms. The first-order valence-electron chi connectivity index (χ1n) is 13.5. The van der Waals surface area contributed by atoms with Crippen LogP contribution in [0.1, 0.15) is 30.0 Å². The van der Waals surface area contributed by atoms with Gasteiger partial charge in [-0.25, -0.2) is 19.6 Å². The van der Waals surface area contributed by atoms with Crippen molar-refractivity contribution in [2.75, 3.05) is 26.0 Å². The lowest BCUT2D eigenvalue weighted by Crippen LogP contribution is -2.47. The lowest BCUT2D eigenvalue weighted by atomic mass is 9.89. The standard InChI is InChI=1S/C30H32N8O3/c1-5-26(39)37-14-19(6-7-21(37)15-40-4)28-27-29(31)32-16-33-30(27)38(35-28)20-8-11-25(18(2)12-20)41-22-9-10-24-23(13-22)34-17-36(24)3/h5,8-13,16-17,19,21H,1,6-7,14-15H2,2-4H3,(H2,31,32,33). The zero-order chi connectivity index (χ0) is 28.7. The highest BCUT2D eigenvalue weighted by molar-refractivity contribution is 5.90. The van der Waals surface area contributed by atoms with Gasteiger partial charge in [-0.15, -0.1) is 0 Å². The molecular weight excluding hydrogens is 520 g/mol. The number of anilines is 1. The van der Waals surface area contributed by atoms with Crippen molar-refractivity contribution in [3.8, 4) is 17.2 Å². The predicted octanol–water partition coefficient (Wildman–Crippen LogP) is 4.29. The normalized spacial score (nSPS) is 17.3. The van der Waals surface area contributed by atoms with Crippen LogP contribution in [0.3, 0.4) is 0 Å². The number of aryl methyl sites for hydroxylation is 2. The minimum Gasteiger partial charge on any atom is -0.457 e. The summed E-state index contributed by atoms with van der Waals surface area (Å²) in [5.41, 5.74) is 11.4. The summed E-state index contributed by atoms with van der Waals surface area (Å²) in [6.07, 6.45) is 6.17. The Hall–Kier alpha value is -4.77. The molecule has 1 fully saturated rings. The first-order chi connectivity index (χ1) is 19.9. The fourth-order valence-electron chi connectivity index (χ4n) is 5.66. The van der Waals surface area contributed by atoms with E-state index in [0.29, 0.717) is 35.8 Å². The van der Waals surface area contributed by atoms with Crippen LogP contribution in [0.5, 0.6) is 11.5 Å². The fraction of sp³-hybridized carbons (Fsp3) is 0.300. The molecule has 2 aromatic carbocycles. The third-order valence-corrected chi connectivity index (χ3v) is 7.76. The molecular formula is C30H32N8O3. The van der Waals surface area contributed by atoms with Crippen LogP contribution in [0.25, 0.3) is 27.8 Å². The van der Waals surface area contributed by atoms with Gasteiger partial charge < -0.3 is 24.7 Å². The SMILES string of the molecule is C=CC(=O)N1CC(c2nn(-c3ccc(Oc4ccc5c(c4)ncn5C)c(C)c3)c3ncnc(N)c23)CCC1COC. The Kier molecular flexibility index (Phi) is 6.88. The van der Waals surface area contributed by atoms with Crippen LogP contribution >= 0.6 is 0 Å². The molecule has 0 spiro atoms. The van der Waals surface area contributed by atoms with E-state index in [4.69, 9.17) is 20.3 Å². The molecule has 1 saturated heterocycles. The van der Waals surface area contributed by atoms with Crippen molar-refractivity contribution >= 4 is 33.8 Å². The number of piperidine rings is 1. The number of nitrogens with zero attached hydrogens (tertiary/aromatic N) is 7. The number of benzene rings is 2. The highest BCUT2D eigenvalue weighted by Crippen LogP contribution is 2.37. The van der Waals surface area contributed by atoms with Crippen LogP contribution in [0.15, 0.2) is 61.7 Å². The van der Waals surface area contributed by atoms with Gasteiger partial charge in [0.1, 0.15) is 23.6 Å². The minimum atomic E-state index is -0.127. The molecule has 0 bridgehead atoms. The Balaban J connectivity index is 1.34. The molecule has 6 rings (SSSR count). The number of fused-ring (bicyclic) bond motifs is 2. The van der Waals surface area contributed by atoms with Crippen LogP contribution in [0.2, 0.25) is 0 Å². The van der Waals surface area contributed by atoms with Crippen molar-refractivity contribution in [2.45, 2.75) is 31.7 Å². The van der Waals surface area contributed by atoms with Crippen LogP contribution < -0.4 is 10.5 Å². The third-order valence-electron chi connectivity index (χ3n) is 7.76. The Morgan fingerprint density at radius 3 is 2.80 bits per heavy atom. The number of carbonyl (C=O) groups is 1. The van der Waals surface area contributed by atoms with Gasteiger partial charge in [0.15, 0.2) is 5.65 Å². The van der Waals surface area contributed by atoms with Crippen LogP contribution in [0.4, 0.5) is 5.82 Å². The third kappa shape index (κ3) is 4.78. The van der Waals surface area contributed by atoms with Crippen molar-refractivity contribution in [2.24, 2.45) is 7.05 Å². The maximum Gasteiger partial charge on any atom is 0.246 e. The number of ether oxygens (including phenoxy) is 2. The van der Waals surface area contributed by atoms with Gasteiger partial charge in [0, 0.05) is 32.7 Å². The number of methoxy groups -OCH3 is 1. The van der Waals surface area contributed by atoms with Gasteiger partial charge in [-0.1, -0.05) is 6.58 Å². The van der Waals surface area contributed by atoms with Crippen LogP contribution in [-0.4, -0.2) is 66.4 Å². The second-order valence-corrected chi connectivity index (χ2v) is 10.4. The van der Waals surface area contributed by atoms with Gasteiger partial charge in [0.05, 0.1) is 46.8 Å². The largest absolute Gasteiger partial charge is 0.457 e. The lowest BCUT2D eigenvalue weighted by molar-refractivity contribution is -0.131. The van der Waals surface area contributed by atoms with Crippen LogP contribution in [0, 0.1) is 6.92 Å². The van der Waals surface area contributed by atoms with Gasteiger partial charge in [-0.3, -0.25) is 4.79 Å². The molecule has 1 aliphatic heterocycles.